The molecule has 0 fully saturated rings. The molecular formula is C20H15Cl2N3O3S. The number of carbonyl (C=O) groups excluding carboxylic acids is 2. The van der Waals surface area contributed by atoms with Crippen LogP contribution < -0.4 is 15.0 Å². The molecular weight excluding hydrogens is 433 g/mol. The maximum atomic E-state index is 12.4. The predicted octanol–water partition coefficient (Wildman–Crippen LogP) is 4.87. The number of benzene rings is 2. The van der Waals surface area contributed by atoms with Crippen molar-refractivity contribution in [3.05, 3.63) is 57.9 Å². The molecule has 29 heavy (non-hydrogen) atoms. The predicted molar refractivity (Wildman–Crippen MR) is 115 cm³/mol. The molecule has 1 N–H and O–H groups in total. The van der Waals surface area contributed by atoms with Crippen LogP contribution in [0.1, 0.15) is 6.42 Å². The number of fused-ring (bicyclic) bond motifs is 1. The van der Waals surface area contributed by atoms with Crippen LogP contribution >= 0.6 is 34.5 Å². The molecule has 0 unspecified atom stereocenters. The van der Waals surface area contributed by atoms with E-state index >= 15 is 0 Å². The molecule has 1 aromatic heterocycles. The van der Waals surface area contributed by atoms with E-state index in [1.165, 1.54) is 11.3 Å². The zero-order valence-electron chi connectivity index (χ0n) is 15.0. The van der Waals surface area contributed by atoms with Gasteiger partial charge >= 0.3 is 0 Å². The lowest BCUT2D eigenvalue weighted by atomic mass is 10.2. The zero-order chi connectivity index (χ0) is 20.4. The summed E-state index contributed by atoms with van der Waals surface area (Å²) in [4.78, 5) is 30.5. The van der Waals surface area contributed by atoms with Gasteiger partial charge in [-0.1, -0.05) is 35.3 Å². The summed E-state index contributed by atoms with van der Waals surface area (Å²) in [7, 11) is 0. The fourth-order valence-corrected chi connectivity index (χ4v) is 4.06. The van der Waals surface area contributed by atoms with E-state index in [0.29, 0.717) is 37.9 Å². The van der Waals surface area contributed by atoms with Crippen LogP contribution in [0, 0.1) is 0 Å². The van der Waals surface area contributed by atoms with Gasteiger partial charge in [-0.15, -0.1) is 11.3 Å². The first-order valence-corrected chi connectivity index (χ1v) is 10.4. The minimum absolute atomic E-state index is 0.0329. The van der Waals surface area contributed by atoms with Gasteiger partial charge in [0.1, 0.15) is 5.75 Å². The normalized spacial score (nSPS) is 13.0. The number of nitrogens with zero attached hydrogens (tertiary/aromatic N) is 2. The Balaban J connectivity index is 1.40. The summed E-state index contributed by atoms with van der Waals surface area (Å²) in [6.45, 7) is 0.220. The maximum Gasteiger partial charge on any atom is 0.265 e. The van der Waals surface area contributed by atoms with Gasteiger partial charge in [-0.3, -0.25) is 9.59 Å². The average Bonchev–Trinajstić information content (AvgIpc) is 3.17. The Bertz CT molecular complexity index is 1090. The van der Waals surface area contributed by atoms with Crippen molar-refractivity contribution in [1.29, 1.82) is 0 Å². The summed E-state index contributed by atoms with van der Waals surface area (Å²) in [5.41, 5.74) is 2.00. The minimum atomic E-state index is -0.236. The number of anilines is 2. The highest BCUT2D eigenvalue weighted by molar-refractivity contribution is 7.14. The molecule has 4 rings (SSSR count). The van der Waals surface area contributed by atoms with E-state index in [0.717, 1.165) is 0 Å². The van der Waals surface area contributed by atoms with Gasteiger partial charge in [0.15, 0.2) is 11.7 Å². The number of halogens is 2. The van der Waals surface area contributed by atoms with Crippen LogP contribution in [0.5, 0.6) is 5.75 Å². The Hall–Kier alpha value is -2.61. The van der Waals surface area contributed by atoms with Crippen molar-refractivity contribution >= 4 is 57.2 Å². The first-order valence-electron chi connectivity index (χ1n) is 8.74. The second-order valence-corrected chi connectivity index (χ2v) is 7.96. The highest BCUT2D eigenvalue weighted by Gasteiger charge is 2.25. The fraction of sp³-hybridized carbons (Fsp3) is 0.150. The third-order valence-corrected chi connectivity index (χ3v) is 5.65. The summed E-state index contributed by atoms with van der Waals surface area (Å²) in [6.07, 6.45) is 0.132. The first kappa shape index (κ1) is 19.7. The Morgan fingerprint density at radius 1 is 1.24 bits per heavy atom. The average molecular weight is 448 g/mol. The molecule has 3 aromatic rings. The van der Waals surface area contributed by atoms with E-state index in [4.69, 9.17) is 27.9 Å². The quantitative estimate of drug-likeness (QED) is 0.605. The number of aromatic nitrogens is 1. The molecule has 1 aliphatic heterocycles. The van der Waals surface area contributed by atoms with Crippen molar-refractivity contribution in [3.63, 3.8) is 0 Å². The summed E-state index contributed by atoms with van der Waals surface area (Å²) in [5.74, 6) is 0.221. The number of carbonyl (C=O) groups is 2. The number of para-hydroxylation sites is 2. The molecule has 6 nitrogen and oxygen atoms in total. The highest BCUT2D eigenvalue weighted by Crippen LogP contribution is 2.33. The topological polar surface area (TPSA) is 71.5 Å². The second kappa shape index (κ2) is 8.41. The van der Waals surface area contributed by atoms with E-state index in [9.17, 15) is 9.59 Å². The number of thiazole rings is 1. The van der Waals surface area contributed by atoms with Crippen molar-refractivity contribution in [2.45, 2.75) is 6.42 Å². The molecule has 0 saturated carbocycles. The van der Waals surface area contributed by atoms with Crippen molar-refractivity contribution in [1.82, 2.24) is 4.98 Å². The van der Waals surface area contributed by atoms with Gasteiger partial charge in [0, 0.05) is 28.9 Å². The van der Waals surface area contributed by atoms with Crippen LogP contribution in [0.4, 0.5) is 10.8 Å². The molecule has 0 bridgehead atoms. The van der Waals surface area contributed by atoms with Crippen LogP contribution in [-0.4, -0.2) is 29.9 Å². The SMILES string of the molecule is O=C(CCN1C(=O)COc2ccccc21)Nc1nc(-c2cc(Cl)ccc2Cl)cs1. The minimum Gasteiger partial charge on any atom is -0.482 e. The summed E-state index contributed by atoms with van der Waals surface area (Å²) < 4.78 is 5.41. The number of rotatable bonds is 5. The van der Waals surface area contributed by atoms with Crippen molar-refractivity contribution in [2.24, 2.45) is 0 Å². The molecule has 148 valence electrons. The van der Waals surface area contributed by atoms with E-state index in [1.807, 2.05) is 12.1 Å². The first-order chi connectivity index (χ1) is 14.0. The molecule has 0 spiro atoms. The number of ether oxygens (including phenoxy) is 1. The fourth-order valence-electron chi connectivity index (χ4n) is 2.94. The third kappa shape index (κ3) is 4.37. The standard InChI is InChI=1S/C20H15Cl2N3O3S/c21-12-5-6-14(22)13(9-12)15-11-29-20(23-15)24-18(26)7-8-25-16-3-1-2-4-17(16)28-10-19(25)27/h1-6,9,11H,7-8,10H2,(H,23,24,26). The van der Waals surface area contributed by atoms with Crippen molar-refractivity contribution in [2.75, 3.05) is 23.4 Å². The molecule has 2 heterocycles. The van der Waals surface area contributed by atoms with Crippen LogP contribution in [0.2, 0.25) is 10.0 Å². The Labute approximate surface area is 181 Å². The van der Waals surface area contributed by atoms with Gasteiger partial charge in [-0.2, -0.15) is 0 Å². The van der Waals surface area contributed by atoms with Gasteiger partial charge in [0.25, 0.3) is 5.91 Å². The molecule has 2 amide bonds. The largest absolute Gasteiger partial charge is 0.482 e. The molecule has 0 aliphatic carbocycles. The Morgan fingerprint density at radius 3 is 2.93 bits per heavy atom. The lowest BCUT2D eigenvalue weighted by Gasteiger charge is -2.29. The molecule has 0 radical (unpaired) electrons. The van der Waals surface area contributed by atoms with Gasteiger partial charge < -0.3 is 15.0 Å². The van der Waals surface area contributed by atoms with E-state index < -0.39 is 0 Å². The summed E-state index contributed by atoms with van der Waals surface area (Å²) >= 11 is 13.5. The van der Waals surface area contributed by atoms with Crippen LogP contribution in [-0.2, 0) is 9.59 Å². The van der Waals surface area contributed by atoms with Crippen LogP contribution in [0.25, 0.3) is 11.3 Å². The van der Waals surface area contributed by atoms with Gasteiger partial charge in [0.2, 0.25) is 5.91 Å². The van der Waals surface area contributed by atoms with E-state index in [-0.39, 0.29) is 31.4 Å². The summed E-state index contributed by atoms with van der Waals surface area (Å²) in [5, 5.41) is 6.11. The molecule has 0 atom stereocenters. The number of nitrogens with one attached hydrogen (secondary N) is 1. The van der Waals surface area contributed by atoms with Crippen LogP contribution in [0.3, 0.4) is 0 Å². The molecule has 9 heteroatoms. The second-order valence-electron chi connectivity index (χ2n) is 6.26. The Morgan fingerprint density at radius 2 is 2.07 bits per heavy atom. The third-order valence-electron chi connectivity index (χ3n) is 4.33. The lowest BCUT2D eigenvalue weighted by Crippen LogP contribution is -2.40. The van der Waals surface area contributed by atoms with E-state index in [1.54, 1.807) is 40.6 Å². The van der Waals surface area contributed by atoms with Crippen molar-refractivity contribution < 1.29 is 14.3 Å². The van der Waals surface area contributed by atoms with Gasteiger partial charge in [-0.05, 0) is 30.3 Å². The highest BCUT2D eigenvalue weighted by atomic mass is 35.5. The maximum absolute atomic E-state index is 12.4. The number of hydrogen-bond donors (Lipinski definition) is 1. The molecule has 0 saturated heterocycles. The smallest absolute Gasteiger partial charge is 0.265 e. The van der Waals surface area contributed by atoms with Crippen LogP contribution in [0.15, 0.2) is 47.8 Å². The van der Waals surface area contributed by atoms with Gasteiger partial charge in [0.05, 0.1) is 16.4 Å². The van der Waals surface area contributed by atoms with Gasteiger partial charge in [-0.25, -0.2) is 4.98 Å². The summed E-state index contributed by atoms with van der Waals surface area (Å²) in [6, 6.07) is 12.4. The zero-order valence-corrected chi connectivity index (χ0v) is 17.4. The molecule has 2 aromatic carbocycles. The lowest BCUT2D eigenvalue weighted by molar-refractivity contribution is -0.121. The Kier molecular flexibility index (Phi) is 5.71. The molecule has 1 aliphatic rings. The monoisotopic (exact) mass is 447 g/mol. The van der Waals surface area contributed by atoms with Crippen molar-refractivity contribution in [3.8, 4) is 17.0 Å². The number of hydrogen-bond acceptors (Lipinski definition) is 5. The number of amides is 2. The van der Waals surface area contributed by atoms with E-state index in [2.05, 4.69) is 10.3 Å².